The Morgan fingerprint density at radius 2 is 1.85 bits per heavy atom. The number of sulfonamides is 1. The minimum Gasteiger partial charge on any atom is -0.349 e. The fourth-order valence-corrected chi connectivity index (χ4v) is 5.29. The van der Waals surface area contributed by atoms with Crippen LogP contribution in [0.25, 0.3) is 0 Å². The third-order valence-corrected chi connectivity index (χ3v) is 7.23. The zero-order valence-corrected chi connectivity index (χ0v) is 19.1. The molecule has 0 bridgehead atoms. The van der Waals surface area contributed by atoms with E-state index in [-0.39, 0.29) is 31.1 Å². The molecule has 0 spiro atoms. The van der Waals surface area contributed by atoms with Crippen LogP contribution in [0.2, 0.25) is 0 Å². The first-order valence-electron chi connectivity index (χ1n) is 10.6. The number of hydrogen-bond acceptors (Lipinski definition) is 5. The molecule has 1 heterocycles. The molecule has 1 fully saturated rings. The van der Waals surface area contributed by atoms with Gasteiger partial charge in [-0.05, 0) is 35.7 Å². The maximum Gasteiger partial charge on any atom is 0.323 e. The number of nitrogens with zero attached hydrogens (tertiary/aromatic N) is 2. The highest BCUT2D eigenvalue weighted by Crippen LogP contribution is 2.22. The molecule has 1 unspecified atom stereocenters. The van der Waals surface area contributed by atoms with Gasteiger partial charge in [0, 0.05) is 31.9 Å². The molecule has 178 valence electrons. The molecule has 0 aliphatic carbocycles. The number of anilines is 1. The van der Waals surface area contributed by atoms with Crippen molar-refractivity contribution in [1.29, 1.82) is 0 Å². The van der Waals surface area contributed by atoms with Crippen LogP contribution in [0.15, 0.2) is 48.5 Å². The molecule has 3 amide bonds. The van der Waals surface area contributed by atoms with Gasteiger partial charge < -0.3 is 16.4 Å². The number of rotatable bonds is 8. The molecule has 0 aromatic heterocycles. The quantitative estimate of drug-likeness (QED) is 0.535. The van der Waals surface area contributed by atoms with Gasteiger partial charge in [0.15, 0.2) is 6.17 Å². The molecule has 11 heteroatoms. The number of halogens is 1. The van der Waals surface area contributed by atoms with Crippen molar-refractivity contribution in [3.05, 3.63) is 65.5 Å². The average Bonchev–Trinajstić information content (AvgIpc) is 3.24. The van der Waals surface area contributed by atoms with E-state index in [1.54, 1.807) is 6.92 Å². The van der Waals surface area contributed by atoms with Crippen LogP contribution in [-0.4, -0.2) is 54.6 Å². The molecule has 1 aliphatic heterocycles. The number of hydrogen-bond donors (Lipinski definition) is 3. The van der Waals surface area contributed by atoms with Gasteiger partial charge >= 0.3 is 6.03 Å². The third kappa shape index (κ3) is 6.06. The van der Waals surface area contributed by atoms with E-state index in [0.29, 0.717) is 13.0 Å². The first-order valence-corrected chi connectivity index (χ1v) is 12.2. The molecule has 9 nitrogen and oxygen atoms in total. The van der Waals surface area contributed by atoms with E-state index in [1.807, 2.05) is 24.3 Å². The highest BCUT2D eigenvalue weighted by Gasteiger charge is 2.45. The summed E-state index contributed by atoms with van der Waals surface area (Å²) in [7, 11) is -3.77. The van der Waals surface area contributed by atoms with Gasteiger partial charge in [0.25, 0.3) is 5.91 Å². The Kier molecular flexibility index (Phi) is 8.01. The molecule has 1 saturated heterocycles. The number of urea groups is 1. The summed E-state index contributed by atoms with van der Waals surface area (Å²) in [4.78, 5) is 27.2. The Hall–Kier alpha value is -3.02. The highest BCUT2D eigenvalue weighted by molar-refractivity contribution is 7.89. The van der Waals surface area contributed by atoms with Crippen LogP contribution in [0.3, 0.4) is 0 Å². The monoisotopic (exact) mass is 477 g/mol. The summed E-state index contributed by atoms with van der Waals surface area (Å²) in [6.07, 6.45) is -0.984. The fraction of sp³-hybridized carbons (Fsp3) is 0.364. The van der Waals surface area contributed by atoms with E-state index >= 15 is 0 Å². The van der Waals surface area contributed by atoms with E-state index in [0.717, 1.165) is 26.4 Å². The Morgan fingerprint density at radius 1 is 1.12 bits per heavy atom. The van der Waals surface area contributed by atoms with Crippen molar-refractivity contribution >= 4 is 27.6 Å². The molecule has 1 atom stereocenters. The fourth-order valence-electron chi connectivity index (χ4n) is 3.67. The Balaban J connectivity index is 1.81. The molecule has 33 heavy (non-hydrogen) atoms. The molecule has 4 N–H and O–H groups in total. The molecule has 1 aliphatic rings. The predicted octanol–water partition coefficient (Wildman–Crippen LogP) is 1.82. The Bertz CT molecular complexity index is 1110. The normalized spacial score (nSPS) is 16.6. The summed E-state index contributed by atoms with van der Waals surface area (Å²) < 4.78 is 40.1. The van der Waals surface area contributed by atoms with Crippen LogP contribution in [0, 0.1) is 5.82 Å². The maximum atomic E-state index is 13.5. The van der Waals surface area contributed by atoms with Crippen molar-refractivity contribution in [1.82, 2.24) is 14.5 Å². The molecule has 3 rings (SSSR count). The molecule has 2 aromatic carbocycles. The van der Waals surface area contributed by atoms with Crippen LogP contribution in [-0.2, 0) is 27.9 Å². The molecule has 0 saturated carbocycles. The van der Waals surface area contributed by atoms with Crippen molar-refractivity contribution in [3.63, 3.8) is 0 Å². The smallest absolute Gasteiger partial charge is 0.323 e. The standard InChI is InChI=1S/C22H28FN5O4S/c1-2-11-33(31,32)28-10-9-27(22(30)26-19-8-4-7-18(23)13-19)21(28)20(29)25-15-17-6-3-5-16(12-17)14-24/h3-8,12-13,21H,2,9-11,14-15,24H2,1H3,(H,25,29)(H,26,30). The van der Waals surface area contributed by atoms with Gasteiger partial charge in [0.05, 0.1) is 5.75 Å². The van der Waals surface area contributed by atoms with Crippen molar-refractivity contribution in [2.75, 3.05) is 24.2 Å². The minimum atomic E-state index is -3.77. The lowest BCUT2D eigenvalue weighted by Gasteiger charge is -2.28. The van der Waals surface area contributed by atoms with E-state index in [1.165, 1.54) is 18.2 Å². The Morgan fingerprint density at radius 3 is 2.55 bits per heavy atom. The number of amides is 3. The van der Waals surface area contributed by atoms with Crippen LogP contribution in [0.1, 0.15) is 24.5 Å². The molecule has 0 radical (unpaired) electrons. The second kappa shape index (κ2) is 10.7. The van der Waals surface area contributed by atoms with Crippen LogP contribution < -0.4 is 16.4 Å². The first-order chi connectivity index (χ1) is 15.7. The zero-order valence-electron chi connectivity index (χ0n) is 18.3. The summed E-state index contributed by atoms with van der Waals surface area (Å²) in [5.41, 5.74) is 7.55. The van der Waals surface area contributed by atoms with Crippen molar-refractivity contribution in [2.45, 2.75) is 32.6 Å². The molecule has 2 aromatic rings. The van der Waals surface area contributed by atoms with Gasteiger partial charge in [0.2, 0.25) is 10.0 Å². The summed E-state index contributed by atoms with van der Waals surface area (Å²) in [5.74, 6) is -1.30. The van der Waals surface area contributed by atoms with E-state index in [9.17, 15) is 22.4 Å². The van der Waals surface area contributed by atoms with Crippen LogP contribution in [0.4, 0.5) is 14.9 Å². The number of nitrogens with two attached hydrogens (primary N) is 1. The number of nitrogens with one attached hydrogen (secondary N) is 2. The van der Waals surface area contributed by atoms with E-state index in [4.69, 9.17) is 5.73 Å². The Labute approximate surface area is 192 Å². The van der Waals surface area contributed by atoms with Crippen LogP contribution >= 0.6 is 0 Å². The SMILES string of the molecule is CCCS(=O)(=O)N1CCN(C(=O)Nc2cccc(F)c2)C1C(=O)NCc1cccc(CN)c1. The van der Waals surface area contributed by atoms with Crippen molar-refractivity contribution in [3.8, 4) is 0 Å². The predicted molar refractivity (Wildman–Crippen MR) is 123 cm³/mol. The third-order valence-electron chi connectivity index (χ3n) is 5.21. The topological polar surface area (TPSA) is 125 Å². The minimum absolute atomic E-state index is 0.0142. The lowest BCUT2D eigenvalue weighted by molar-refractivity contribution is -0.127. The van der Waals surface area contributed by atoms with Gasteiger partial charge in [-0.2, -0.15) is 4.31 Å². The summed E-state index contributed by atoms with van der Waals surface area (Å²) in [5, 5.41) is 5.26. The lowest BCUT2D eigenvalue weighted by Crippen LogP contribution is -2.54. The molecular formula is C22H28FN5O4S. The first kappa shape index (κ1) is 24.6. The van der Waals surface area contributed by atoms with E-state index in [2.05, 4.69) is 10.6 Å². The maximum absolute atomic E-state index is 13.5. The van der Waals surface area contributed by atoms with Gasteiger partial charge in [-0.3, -0.25) is 9.69 Å². The van der Waals surface area contributed by atoms with Crippen molar-refractivity contribution in [2.24, 2.45) is 5.73 Å². The second-order valence-corrected chi connectivity index (χ2v) is 9.72. The molecular weight excluding hydrogens is 449 g/mol. The largest absolute Gasteiger partial charge is 0.349 e. The number of benzene rings is 2. The summed E-state index contributed by atoms with van der Waals surface area (Å²) in [6.45, 7) is 2.22. The van der Waals surface area contributed by atoms with E-state index < -0.39 is 33.9 Å². The van der Waals surface area contributed by atoms with Gasteiger partial charge in [0.1, 0.15) is 5.82 Å². The number of carbonyl (C=O) groups excluding carboxylic acids is 2. The van der Waals surface area contributed by atoms with Gasteiger partial charge in [-0.15, -0.1) is 0 Å². The van der Waals surface area contributed by atoms with Gasteiger partial charge in [-0.25, -0.2) is 17.6 Å². The lowest BCUT2D eigenvalue weighted by atomic mass is 10.1. The summed E-state index contributed by atoms with van der Waals surface area (Å²) in [6, 6.07) is 12.0. The van der Waals surface area contributed by atoms with Crippen LogP contribution in [0.5, 0.6) is 0 Å². The van der Waals surface area contributed by atoms with Gasteiger partial charge in [-0.1, -0.05) is 37.3 Å². The second-order valence-electron chi connectivity index (χ2n) is 7.68. The van der Waals surface area contributed by atoms with Crippen molar-refractivity contribution < 1.29 is 22.4 Å². The zero-order chi connectivity index (χ0) is 24.0. The highest BCUT2D eigenvalue weighted by atomic mass is 32.2. The average molecular weight is 478 g/mol. The summed E-state index contributed by atoms with van der Waals surface area (Å²) >= 11 is 0. The number of carbonyl (C=O) groups is 2.